The molecule has 0 aliphatic heterocycles. The molecule has 0 amide bonds. The Kier molecular flexibility index (Phi) is 44.0. The molecular weight excluding hydrogens is 721 g/mol. The summed E-state index contributed by atoms with van der Waals surface area (Å²) in [7, 11) is 0. The van der Waals surface area contributed by atoms with Gasteiger partial charge in [0.05, 0.1) is 0 Å². The number of rotatable bonds is 42. The second-order valence-corrected chi connectivity index (χ2v) is 15.6. The van der Waals surface area contributed by atoms with Gasteiger partial charge in [-0.05, 0) is 89.9 Å². The molecule has 0 spiro atoms. The summed E-state index contributed by atoms with van der Waals surface area (Å²) < 4.78 is 16.6. The molecule has 58 heavy (non-hydrogen) atoms. The fourth-order valence-electron chi connectivity index (χ4n) is 6.34. The van der Waals surface area contributed by atoms with Gasteiger partial charge in [0.15, 0.2) is 6.10 Å². The molecule has 1 atom stereocenters. The topological polar surface area (TPSA) is 78.9 Å². The molecule has 0 radical (unpaired) electrons. The predicted molar refractivity (Wildman–Crippen MR) is 247 cm³/mol. The molecule has 0 rings (SSSR count). The van der Waals surface area contributed by atoms with Crippen molar-refractivity contribution in [3.8, 4) is 0 Å². The molecule has 0 N–H and O–H groups in total. The standard InChI is InChI=1S/C52H88O6/c1-4-7-10-13-16-18-20-22-24-25-26-27-29-30-32-34-36-39-42-45-51(54)57-48-49(47-56-50(53)44-41-38-15-12-9-6-3)58-52(55)46-43-40-37-35-33-31-28-23-21-19-17-14-11-8-5-2/h8,11,16-19,22-24,26-28,49H,4-7,9-10,12-15,20-21,25,29-48H2,1-3H3/b11-8-,18-16-,19-17-,24-22-,27-26-,28-23-. The average Bonchev–Trinajstić information content (AvgIpc) is 3.22. The highest BCUT2D eigenvalue weighted by molar-refractivity contribution is 5.71. The number of carbonyl (C=O) groups is 3. The van der Waals surface area contributed by atoms with Crippen molar-refractivity contribution in [1.29, 1.82) is 0 Å². The monoisotopic (exact) mass is 809 g/mol. The lowest BCUT2D eigenvalue weighted by Crippen LogP contribution is -2.30. The lowest BCUT2D eigenvalue weighted by molar-refractivity contribution is -0.167. The second kappa shape index (κ2) is 46.5. The van der Waals surface area contributed by atoms with Crippen molar-refractivity contribution in [2.75, 3.05) is 13.2 Å². The van der Waals surface area contributed by atoms with Gasteiger partial charge >= 0.3 is 17.9 Å². The smallest absolute Gasteiger partial charge is 0.306 e. The molecule has 0 aromatic heterocycles. The van der Waals surface area contributed by atoms with E-state index < -0.39 is 6.10 Å². The molecule has 6 heteroatoms. The molecule has 0 bridgehead atoms. The van der Waals surface area contributed by atoms with E-state index >= 15 is 0 Å². The number of unbranched alkanes of at least 4 members (excludes halogenated alkanes) is 19. The minimum absolute atomic E-state index is 0.0877. The number of allylic oxidation sites excluding steroid dienone is 12. The van der Waals surface area contributed by atoms with Crippen LogP contribution in [0.3, 0.4) is 0 Å². The Morgan fingerprint density at radius 3 is 1.09 bits per heavy atom. The van der Waals surface area contributed by atoms with E-state index in [1.54, 1.807) is 0 Å². The van der Waals surface area contributed by atoms with Gasteiger partial charge in [-0.1, -0.05) is 184 Å². The fraction of sp³-hybridized carbons (Fsp3) is 0.712. The molecule has 0 aromatic rings. The Balaban J connectivity index is 4.30. The summed E-state index contributed by atoms with van der Waals surface area (Å²) in [5.74, 6) is -0.931. The van der Waals surface area contributed by atoms with Crippen LogP contribution in [0.2, 0.25) is 0 Å². The number of esters is 3. The van der Waals surface area contributed by atoms with Crippen LogP contribution >= 0.6 is 0 Å². The molecule has 0 saturated carbocycles. The van der Waals surface area contributed by atoms with Gasteiger partial charge in [-0.25, -0.2) is 0 Å². The number of hydrogen-bond donors (Lipinski definition) is 0. The van der Waals surface area contributed by atoms with Crippen molar-refractivity contribution < 1.29 is 28.6 Å². The van der Waals surface area contributed by atoms with Gasteiger partial charge in [0.2, 0.25) is 0 Å². The summed E-state index contributed by atoms with van der Waals surface area (Å²) >= 11 is 0. The van der Waals surface area contributed by atoms with Crippen molar-refractivity contribution >= 4 is 17.9 Å². The zero-order valence-electron chi connectivity index (χ0n) is 37.8. The predicted octanol–water partition coefficient (Wildman–Crippen LogP) is 15.5. The minimum Gasteiger partial charge on any atom is -0.462 e. The molecule has 0 aliphatic rings. The van der Waals surface area contributed by atoms with Crippen LogP contribution in [-0.2, 0) is 28.6 Å². The Bertz CT molecular complexity index is 1110. The molecule has 0 aliphatic carbocycles. The Labute approximate surface area is 357 Å². The van der Waals surface area contributed by atoms with E-state index in [0.29, 0.717) is 19.3 Å². The maximum absolute atomic E-state index is 12.7. The average molecular weight is 809 g/mol. The van der Waals surface area contributed by atoms with Gasteiger partial charge < -0.3 is 14.2 Å². The summed E-state index contributed by atoms with van der Waals surface area (Å²) in [4.78, 5) is 37.6. The van der Waals surface area contributed by atoms with E-state index in [1.807, 2.05) is 0 Å². The van der Waals surface area contributed by atoms with Crippen LogP contribution in [-0.4, -0.2) is 37.2 Å². The number of ether oxygens (including phenoxy) is 3. The Hall–Kier alpha value is -3.15. The minimum atomic E-state index is -0.785. The molecule has 6 nitrogen and oxygen atoms in total. The zero-order chi connectivity index (χ0) is 42.3. The molecule has 1 unspecified atom stereocenters. The molecule has 0 saturated heterocycles. The third-order valence-corrected chi connectivity index (χ3v) is 9.95. The Morgan fingerprint density at radius 1 is 0.362 bits per heavy atom. The van der Waals surface area contributed by atoms with Crippen LogP contribution in [0.4, 0.5) is 0 Å². The van der Waals surface area contributed by atoms with Crippen LogP contribution in [0.1, 0.15) is 220 Å². The molecule has 0 aromatic carbocycles. The first kappa shape index (κ1) is 54.9. The first-order chi connectivity index (χ1) is 28.5. The van der Waals surface area contributed by atoms with Gasteiger partial charge in [0, 0.05) is 19.3 Å². The molecule has 332 valence electrons. The number of carbonyl (C=O) groups excluding carboxylic acids is 3. The highest BCUT2D eigenvalue weighted by atomic mass is 16.6. The van der Waals surface area contributed by atoms with E-state index in [4.69, 9.17) is 14.2 Å². The lowest BCUT2D eigenvalue weighted by atomic mass is 10.1. The summed E-state index contributed by atoms with van der Waals surface area (Å²) in [6.07, 6.45) is 57.6. The van der Waals surface area contributed by atoms with Crippen molar-refractivity contribution in [3.05, 3.63) is 72.9 Å². The SMILES string of the molecule is CC/C=C\C/C=C\C/C=C\CCCCCCCC(=O)OC(COC(=O)CCCCCCCC)COC(=O)CCCCCCCC/C=C\C/C=C\C/C=C\CCCCC. The molecule has 0 heterocycles. The normalized spacial score (nSPS) is 12.7. The van der Waals surface area contributed by atoms with E-state index in [0.717, 1.165) is 116 Å². The van der Waals surface area contributed by atoms with E-state index in [9.17, 15) is 14.4 Å². The van der Waals surface area contributed by atoms with E-state index in [1.165, 1.54) is 64.2 Å². The summed E-state index contributed by atoms with van der Waals surface area (Å²) in [6.45, 7) is 6.40. The van der Waals surface area contributed by atoms with Crippen molar-refractivity contribution in [3.63, 3.8) is 0 Å². The van der Waals surface area contributed by atoms with Crippen LogP contribution < -0.4 is 0 Å². The largest absolute Gasteiger partial charge is 0.462 e. The zero-order valence-corrected chi connectivity index (χ0v) is 37.8. The van der Waals surface area contributed by atoms with Crippen molar-refractivity contribution in [1.82, 2.24) is 0 Å². The maximum Gasteiger partial charge on any atom is 0.306 e. The molecular formula is C52H88O6. The van der Waals surface area contributed by atoms with Crippen LogP contribution in [0.25, 0.3) is 0 Å². The maximum atomic E-state index is 12.7. The van der Waals surface area contributed by atoms with Crippen LogP contribution in [0.5, 0.6) is 0 Å². The first-order valence-electron chi connectivity index (χ1n) is 23.9. The lowest BCUT2D eigenvalue weighted by Gasteiger charge is -2.18. The van der Waals surface area contributed by atoms with E-state index in [-0.39, 0.29) is 31.1 Å². The van der Waals surface area contributed by atoms with Gasteiger partial charge in [-0.3, -0.25) is 14.4 Å². The fourth-order valence-corrected chi connectivity index (χ4v) is 6.34. The van der Waals surface area contributed by atoms with Crippen molar-refractivity contribution in [2.45, 2.75) is 226 Å². The third kappa shape index (κ3) is 44.0. The van der Waals surface area contributed by atoms with Crippen LogP contribution in [0.15, 0.2) is 72.9 Å². The Morgan fingerprint density at radius 2 is 0.672 bits per heavy atom. The van der Waals surface area contributed by atoms with E-state index in [2.05, 4.69) is 93.7 Å². The van der Waals surface area contributed by atoms with Gasteiger partial charge in [0.1, 0.15) is 13.2 Å². The van der Waals surface area contributed by atoms with Gasteiger partial charge in [-0.2, -0.15) is 0 Å². The molecule has 0 fully saturated rings. The van der Waals surface area contributed by atoms with Crippen LogP contribution in [0, 0.1) is 0 Å². The quantitative estimate of drug-likeness (QED) is 0.0264. The first-order valence-corrected chi connectivity index (χ1v) is 23.9. The highest BCUT2D eigenvalue weighted by Gasteiger charge is 2.19. The summed E-state index contributed by atoms with van der Waals surface area (Å²) in [5.41, 5.74) is 0. The third-order valence-electron chi connectivity index (χ3n) is 9.95. The van der Waals surface area contributed by atoms with Crippen molar-refractivity contribution in [2.24, 2.45) is 0 Å². The highest BCUT2D eigenvalue weighted by Crippen LogP contribution is 2.13. The second-order valence-electron chi connectivity index (χ2n) is 15.6. The van der Waals surface area contributed by atoms with Gasteiger partial charge in [0.25, 0.3) is 0 Å². The number of hydrogen-bond acceptors (Lipinski definition) is 6. The van der Waals surface area contributed by atoms with Gasteiger partial charge in [-0.15, -0.1) is 0 Å². The summed E-state index contributed by atoms with van der Waals surface area (Å²) in [6, 6.07) is 0. The summed E-state index contributed by atoms with van der Waals surface area (Å²) in [5, 5.41) is 0.